The van der Waals surface area contributed by atoms with Gasteiger partial charge in [0.1, 0.15) is 0 Å². The predicted molar refractivity (Wildman–Crippen MR) is 55.2 cm³/mol. The minimum Gasteiger partial charge on any atom is -0.327 e. The van der Waals surface area contributed by atoms with Gasteiger partial charge in [-0.2, -0.15) is 0 Å². The van der Waals surface area contributed by atoms with Crippen molar-refractivity contribution in [3.8, 4) is 0 Å². The average Bonchev–Trinajstić information content (AvgIpc) is 1.98. The van der Waals surface area contributed by atoms with Gasteiger partial charge in [-0.05, 0) is 25.4 Å². The molecule has 0 spiro atoms. The third kappa shape index (κ3) is 5.56. The Bertz CT molecular complexity index is 98.0. The molecule has 0 heterocycles. The van der Waals surface area contributed by atoms with Crippen LogP contribution in [-0.2, 0) is 0 Å². The molecule has 0 aliphatic heterocycles. The lowest BCUT2D eigenvalue weighted by atomic mass is 10.0. The van der Waals surface area contributed by atoms with E-state index >= 15 is 0 Å². The molecule has 12 heavy (non-hydrogen) atoms. The van der Waals surface area contributed by atoms with Crippen molar-refractivity contribution in [2.24, 2.45) is 11.7 Å². The molecule has 0 amide bonds. The zero-order chi connectivity index (χ0) is 9.56. The maximum atomic E-state index is 5.98. The van der Waals surface area contributed by atoms with Gasteiger partial charge in [0, 0.05) is 12.6 Å². The van der Waals surface area contributed by atoms with Crippen molar-refractivity contribution in [1.29, 1.82) is 0 Å². The van der Waals surface area contributed by atoms with E-state index in [0.717, 1.165) is 32.0 Å². The van der Waals surface area contributed by atoms with Crippen LogP contribution < -0.4 is 5.73 Å². The summed E-state index contributed by atoms with van der Waals surface area (Å²) in [4.78, 5) is 2.38. The monoisotopic (exact) mass is 172 g/mol. The van der Waals surface area contributed by atoms with Gasteiger partial charge in [-0.15, -0.1) is 0 Å². The molecule has 0 radical (unpaired) electrons. The molecule has 0 aromatic heterocycles. The van der Waals surface area contributed by atoms with Crippen LogP contribution in [0.3, 0.4) is 0 Å². The summed E-state index contributed by atoms with van der Waals surface area (Å²) in [6, 6.07) is 0.352. The van der Waals surface area contributed by atoms with Gasteiger partial charge in [-0.3, -0.25) is 0 Å². The maximum Gasteiger partial charge on any atom is 0.0170 e. The fraction of sp³-hybridized carbons (Fsp3) is 1.00. The number of hydrogen-bond acceptors (Lipinski definition) is 2. The van der Waals surface area contributed by atoms with Crippen molar-refractivity contribution in [1.82, 2.24) is 4.90 Å². The molecule has 0 aliphatic rings. The van der Waals surface area contributed by atoms with Crippen LogP contribution in [-0.4, -0.2) is 30.6 Å². The lowest BCUT2D eigenvalue weighted by Gasteiger charge is -2.23. The van der Waals surface area contributed by atoms with Crippen molar-refractivity contribution in [2.45, 2.75) is 40.2 Å². The molecule has 1 atom stereocenters. The standard InChI is InChI=1S/C10H24N2/c1-5-12(6-2)8-10(11)7-9(3)4/h9-10H,5-8,11H2,1-4H3/t10-/m1/s1. The normalized spacial score (nSPS) is 14.2. The number of hydrogen-bond donors (Lipinski definition) is 1. The summed E-state index contributed by atoms with van der Waals surface area (Å²) in [5, 5.41) is 0. The molecule has 0 bridgehead atoms. The first-order valence-electron chi connectivity index (χ1n) is 5.08. The van der Waals surface area contributed by atoms with E-state index < -0.39 is 0 Å². The maximum absolute atomic E-state index is 5.98. The van der Waals surface area contributed by atoms with E-state index in [1.165, 1.54) is 0 Å². The highest BCUT2D eigenvalue weighted by atomic mass is 15.1. The quantitative estimate of drug-likeness (QED) is 0.661. The smallest absolute Gasteiger partial charge is 0.0170 e. The molecule has 0 saturated carbocycles. The lowest BCUT2D eigenvalue weighted by molar-refractivity contribution is 0.269. The molecule has 74 valence electrons. The van der Waals surface area contributed by atoms with Crippen LogP contribution >= 0.6 is 0 Å². The lowest BCUT2D eigenvalue weighted by Crippen LogP contribution is -2.38. The van der Waals surface area contributed by atoms with Crippen LogP contribution in [0.25, 0.3) is 0 Å². The van der Waals surface area contributed by atoms with E-state index in [4.69, 9.17) is 5.73 Å². The average molecular weight is 172 g/mol. The van der Waals surface area contributed by atoms with Crippen LogP contribution in [0.15, 0.2) is 0 Å². The summed E-state index contributed by atoms with van der Waals surface area (Å²) >= 11 is 0. The van der Waals surface area contributed by atoms with Gasteiger partial charge >= 0.3 is 0 Å². The molecule has 2 heteroatoms. The molecule has 0 aromatic rings. The number of nitrogens with two attached hydrogens (primary N) is 1. The summed E-state index contributed by atoms with van der Waals surface area (Å²) in [6.45, 7) is 12.1. The molecule has 2 nitrogen and oxygen atoms in total. The van der Waals surface area contributed by atoms with Gasteiger partial charge in [0.2, 0.25) is 0 Å². The Labute approximate surface area is 77.1 Å². The zero-order valence-corrected chi connectivity index (χ0v) is 9.01. The summed E-state index contributed by atoms with van der Waals surface area (Å²) in [5.41, 5.74) is 5.98. The Balaban J connectivity index is 3.58. The third-order valence-corrected chi connectivity index (χ3v) is 2.16. The topological polar surface area (TPSA) is 29.3 Å². The zero-order valence-electron chi connectivity index (χ0n) is 9.01. The van der Waals surface area contributed by atoms with E-state index in [9.17, 15) is 0 Å². The minimum atomic E-state index is 0.352. The Morgan fingerprint density at radius 3 is 2.00 bits per heavy atom. The Morgan fingerprint density at radius 1 is 1.17 bits per heavy atom. The van der Waals surface area contributed by atoms with Crippen LogP contribution in [0.4, 0.5) is 0 Å². The van der Waals surface area contributed by atoms with Gasteiger partial charge in [0.15, 0.2) is 0 Å². The van der Waals surface area contributed by atoms with Gasteiger partial charge in [-0.25, -0.2) is 0 Å². The van der Waals surface area contributed by atoms with Gasteiger partial charge in [-0.1, -0.05) is 27.7 Å². The van der Waals surface area contributed by atoms with E-state index in [0.29, 0.717) is 6.04 Å². The molecular weight excluding hydrogens is 148 g/mol. The molecule has 0 fully saturated rings. The predicted octanol–water partition coefficient (Wildman–Crippen LogP) is 1.70. The van der Waals surface area contributed by atoms with Crippen LogP contribution in [0.2, 0.25) is 0 Å². The van der Waals surface area contributed by atoms with E-state index in [1.54, 1.807) is 0 Å². The number of rotatable bonds is 6. The third-order valence-electron chi connectivity index (χ3n) is 2.16. The Kier molecular flexibility index (Phi) is 6.39. The highest BCUT2D eigenvalue weighted by Gasteiger charge is 2.08. The van der Waals surface area contributed by atoms with Gasteiger partial charge in [0.25, 0.3) is 0 Å². The van der Waals surface area contributed by atoms with Crippen molar-refractivity contribution in [3.63, 3.8) is 0 Å². The van der Waals surface area contributed by atoms with Crippen molar-refractivity contribution in [2.75, 3.05) is 19.6 Å². The van der Waals surface area contributed by atoms with E-state index in [2.05, 4.69) is 32.6 Å². The van der Waals surface area contributed by atoms with Crippen molar-refractivity contribution in [3.05, 3.63) is 0 Å². The second-order valence-electron chi connectivity index (χ2n) is 3.88. The summed E-state index contributed by atoms with van der Waals surface area (Å²) in [6.07, 6.45) is 1.14. The Morgan fingerprint density at radius 2 is 1.67 bits per heavy atom. The molecular formula is C10H24N2. The highest BCUT2D eigenvalue weighted by Crippen LogP contribution is 2.03. The molecule has 0 rings (SSSR count). The molecule has 2 N–H and O–H groups in total. The van der Waals surface area contributed by atoms with Crippen LogP contribution in [0, 0.1) is 5.92 Å². The molecule has 0 aliphatic carbocycles. The first kappa shape index (κ1) is 11.9. The summed E-state index contributed by atoms with van der Waals surface area (Å²) in [7, 11) is 0. The molecule has 0 saturated heterocycles. The first-order valence-corrected chi connectivity index (χ1v) is 5.08. The minimum absolute atomic E-state index is 0.352. The van der Waals surface area contributed by atoms with Gasteiger partial charge < -0.3 is 10.6 Å². The fourth-order valence-corrected chi connectivity index (χ4v) is 1.49. The molecule has 0 aromatic carbocycles. The summed E-state index contributed by atoms with van der Waals surface area (Å²) < 4.78 is 0. The summed E-state index contributed by atoms with van der Waals surface area (Å²) in [5.74, 6) is 0.718. The largest absolute Gasteiger partial charge is 0.327 e. The van der Waals surface area contributed by atoms with E-state index in [1.807, 2.05) is 0 Å². The van der Waals surface area contributed by atoms with Crippen LogP contribution in [0.1, 0.15) is 34.1 Å². The van der Waals surface area contributed by atoms with Crippen LogP contribution in [0.5, 0.6) is 0 Å². The molecule has 0 unspecified atom stereocenters. The fourth-order valence-electron chi connectivity index (χ4n) is 1.49. The van der Waals surface area contributed by atoms with Crippen molar-refractivity contribution >= 4 is 0 Å². The number of nitrogens with zero attached hydrogens (tertiary/aromatic N) is 1. The van der Waals surface area contributed by atoms with E-state index in [-0.39, 0.29) is 0 Å². The van der Waals surface area contributed by atoms with Gasteiger partial charge in [0.05, 0.1) is 0 Å². The number of likely N-dealkylation sites (N-methyl/N-ethyl adjacent to an activating group) is 1. The van der Waals surface area contributed by atoms with Crippen molar-refractivity contribution < 1.29 is 0 Å². The second-order valence-corrected chi connectivity index (χ2v) is 3.88. The Hall–Kier alpha value is -0.0800. The first-order chi connectivity index (χ1) is 5.60. The second kappa shape index (κ2) is 6.44. The highest BCUT2D eigenvalue weighted by molar-refractivity contribution is 4.68. The SMILES string of the molecule is CCN(CC)C[C@H](N)CC(C)C.